The number of benzene rings is 8. The molecule has 56 heavy (non-hydrogen) atoms. The second-order valence-electron chi connectivity index (χ2n) is 15.9. The van der Waals surface area contributed by atoms with Crippen LogP contribution in [0.2, 0.25) is 0 Å². The zero-order valence-electron chi connectivity index (χ0n) is 32.6. The van der Waals surface area contributed by atoms with Gasteiger partial charge in [-0.1, -0.05) is 197 Å². The van der Waals surface area contributed by atoms with Gasteiger partial charge < -0.3 is 4.90 Å². The molecule has 1 unspecified atom stereocenters. The van der Waals surface area contributed by atoms with Gasteiger partial charge in [0.05, 0.1) is 0 Å². The summed E-state index contributed by atoms with van der Waals surface area (Å²) in [7, 11) is 0. The summed E-state index contributed by atoms with van der Waals surface area (Å²) in [5, 5.41) is 2.66. The van der Waals surface area contributed by atoms with Gasteiger partial charge in [-0.15, -0.1) is 0 Å². The van der Waals surface area contributed by atoms with Crippen LogP contribution in [0.5, 0.6) is 0 Å². The van der Waals surface area contributed by atoms with Crippen molar-refractivity contribution in [3.63, 3.8) is 0 Å². The molecule has 1 heteroatoms. The predicted octanol–water partition coefficient (Wildman–Crippen LogP) is 15.0. The van der Waals surface area contributed by atoms with Gasteiger partial charge in [-0.3, -0.25) is 0 Å². The van der Waals surface area contributed by atoms with E-state index in [-0.39, 0.29) is 5.41 Å². The quantitative estimate of drug-likeness (QED) is 0.120. The van der Waals surface area contributed by atoms with Crippen LogP contribution in [0.4, 0.5) is 17.1 Å². The Morgan fingerprint density at radius 1 is 0.429 bits per heavy atom. The van der Waals surface area contributed by atoms with Crippen molar-refractivity contribution in [2.75, 3.05) is 4.90 Å². The van der Waals surface area contributed by atoms with Gasteiger partial charge in [-0.25, -0.2) is 0 Å². The second kappa shape index (κ2) is 16.5. The number of rotatable bonds is 11. The molecule has 0 aliphatic heterocycles. The monoisotopic (exact) mass is 723 g/mol. The van der Waals surface area contributed by atoms with Gasteiger partial charge in [0, 0.05) is 17.1 Å². The van der Waals surface area contributed by atoms with Crippen molar-refractivity contribution in [1.82, 2.24) is 0 Å². The van der Waals surface area contributed by atoms with Gasteiger partial charge >= 0.3 is 0 Å². The molecule has 274 valence electrons. The van der Waals surface area contributed by atoms with E-state index in [1.54, 1.807) is 0 Å². The average Bonchev–Trinajstić information content (AvgIpc) is 3.24. The van der Waals surface area contributed by atoms with Crippen LogP contribution in [0.3, 0.4) is 0 Å². The Bertz CT molecular complexity index is 2460. The van der Waals surface area contributed by atoms with Crippen LogP contribution < -0.4 is 4.90 Å². The molecular weight excluding hydrogens is 675 g/mol. The Hall–Kier alpha value is -6.44. The van der Waals surface area contributed by atoms with E-state index in [1.807, 2.05) is 0 Å². The Balaban J connectivity index is 0.959. The third-order valence-electron chi connectivity index (χ3n) is 10.9. The fourth-order valence-electron chi connectivity index (χ4n) is 7.76. The lowest BCUT2D eigenvalue weighted by Gasteiger charge is -2.25. The molecule has 8 aromatic rings. The molecule has 0 radical (unpaired) electrons. The molecule has 0 heterocycles. The van der Waals surface area contributed by atoms with Gasteiger partial charge in [0.1, 0.15) is 0 Å². The molecule has 8 rings (SSSR count). The lowest BCUT2D eigenvalue weighted by Crippen LogP contribution is -2.11. The van der Waals surface area contributed by atoms with E-state index in [2.05, 4.69) is 238 Å². The normalized spacial score (nSPS) is 12.2. The van der Waals surface area contributed by atoms with E-state index in [4.69, 9.17) is 0 Å². The van der Waals surface area contributed by atoms with E-state index in [0.717, 1.165) is 29.9 Å². The first-order chi connectivity index (χ1) is 27.4. The molecule has 0 saturated carbocycles. The summed E-state index contributed by atoms with van der Waals surface area (Å²) < 4.78 is 0. The fourth-order valence-corrected chi connectivity index (χ4v) is 7.76. The molecule has 0 amide bonds. The summed E-state index contributed by atoms with van der Waals surface area (Å²) in [6, 6.07) is 72.8. The average molecular weight is 724 g/mol. The van der Waals surface area contributed by atoms with Gasteiger partial charge in [-0.2, -0.15) is 0 Å². The van der Waals surface area contributed by atoms with E-state index in [9.17, 15) is 0 Å². The molecule has 0 bridgehead atoms. The molecule has 1 atom stereocenters. The predicted molar refractivity (Wildman–Crippen MR) is 241 cm³/mol. The highest BCUT2D eigenvalue weighted by Gasteiger charge is 2.18. The first kappa shape index (κ1) is 36.5. The highest BCUT2D eigenvalue weighted by Crippen LogP contribution is 2.36. The van der Waals surface area contributed by atoms with Crippen LogP contribution in [0.15, 0.2) is 200 Å². The van der Waals surface area contributed by atoms with Crippen molar-refractivity contribution in [1.29, 1.82) is 0 Å². The maximum absolute atomic E-state index is 2.33. The topological polar surface area (TPSA) is 3.24 Å². The molecule has 0 spiro atoms. The largest absolute Gasteiger partial charge is 0.311 e. The minimum atomic E-state index is 0.149. The van der Waals surface area contributed by atoms with Crippen molar-refractivity contribution in [2.24, 2.45) is 0 Å². The molecule has 0 fully saturated rings. The van der Waals surface area contributed by atoms with Gasteiger partial charge in [0.15, 0.2) is 0 Å². The second-order valence-corrected chi connectivity index (χ2v) is 15.9. The molecule has 0 aliphatic carbocycles. The number of anilines is 3. The zero-order chi connectivity index (χ0) is 38.3. The highest BCUT2D eigenvalue weighted by atomic mass is 15.1. The summed E-state index contributed by atoms with van der Waals surface area (Å²) in [4.78, 5) is 2.29. The summed E-state index contributed by atoms with van der Waals surface area (Å²) in [6.45, 7) is 6.84. The molecule has 1 nitrogen and oxygen atoms in total. The number of nitrogens with zero attached hydrogens (tertiary/aromatic N) is 1. The van der Waals surface area contributed by atoms with Crippen molar-refractivity contribution < 1.29 is 0 Å². The van der Waals surface area contributed by atoms with Gasteiger partial charge in [0.25, 0.3) is 0 Å². The third kappa shape index (κ3) is 8.59. The number of para-hydroxylation sites is 2. The Labute approximate surface area is 333 Å². The molecule has 0 aromatic heterocycles. The third-order valence-corrected chi connectivity index (χ3v) is 10.9. The van der Waals surface area contributed by atoms with Gasteiger partial charge in [-0.05, 0) is 116 Å². The van der Waals surface area contributed by atoms with Crippen LogP contribution in [-0.4, -0.2) is 0 Å². The Morgan fingerprint density at radius 2 is 0.875 bits per heavy atom. The van der Waals surface area contributed by atoms with Crippen LogP contribution in [0.25, 0.3) is 34.1 Å². The van der Waals surface area contributed by atoms with E-state index in [0.29, 0.717) is 5.92 Å². The van der Waals surface area contributed by atoms with E-state index in [1.165, 1.54) is 55.3 Å². The van der Waals surface area contributed by atoms with Crippen LogP contribution >= 0.6 is 0 Å². The SMILES string of the molecule is CC(C)(C)c1ccc(CC(Cc2ccc(C=Cc3ccc(-c4ccc(N(c5ccccc5)c5ccccc5)cc4)cc3)cc2)c2cccc3ccccc23)cc1. The van der Waals surface area contributed by atoms with Crippen LogP contribution in [0.1, 0.15) is 60.1 Å². The first-order valence-electron chi connectivity index (χ1n) is 19.8. The van der Waals surface area contributed by atoms with E-state index >= 15 is 0 Å². The van der Waals surface area contributed by atoms with Crippen molar-refractivity contribution in [3.8, 4) is 11.1 Å². The Kier molecular flexibility index (Phi) is 10.8. The van der Waals surface area contributed by atoms with Crippen molar-refractivity contribution >= 4 is 40.0 Å². The fraction of sp³-hybridized carbons (Fsp3) is 0.127. The summed E-state index contributed by atoms with van der Waals surface area (Å²) in [5.41, 5.74) is 13.9. The lowest BCUT2D eigenvalue weighted by molar-refractivity contribution is 0.589. The van der Waals surface area contributed by atoms with E-state index < -0.39 is 0 Å². The Morgan fingerprint density at radius 3 is 1.43 bits per heavy atom. The molecular formula is C55H49N. The summed E-state index contributed by atoms with van der Waals surface area (Å²) >= 11 is 0. The smallest absolute Gasteiger partial charge is 0.0462 e. The summed E-state index contributed by atoms with van der Waals surface area (Å²) in [6.07, 6.45) is 6.41. The summed E-state index contributed by atoms with van der Waals surface area (Å²) in [5.74, 6) is 0.365. The number of fused-ring (bicyclic) bond motifs is 1. The number of hydrogen-bond acceptors (Lipinski definition) is 1. The lowest BCUT2D eigenvalue weighted by atomic mass is 9.82. The maximum Gasteiger partial charge on any atom is 0.0462 e. The van der Waals surface area contributed by atoms with Gasteiger partial charge in [0.2, 0.25) is 0 Å². The minimum absolute atomic E-state index is 0.149. The molecule has 0 saturated heterocycles. The van der Waals surface area contributed by atoms with Crippen molar-refractivity contribution in [3.05, 3.63) is 234 Å². The maximum atomic E-state index is 2.33. The zero-order valence-corrected chi connectivity index (χ0v) is 32.6. The van der Waals surface area contributed by atoms with Crippen LogP contribution in [-0.2, 0) is 18.3 Å². The first-order valence-corrected chi connectivity index (χ1v) is 19.8. The van der Waals surface area contributed by atoms with Crippen LogP contribution in [0, 0.1) is 0 Å². The minimum Gasteiger partial charge on any atom is -0.311 e. The number of hydrogen-bond donors (Lipinski definition) is 0. The molecule has 8 aromatic carbocycles. The molecule has 0 N–H and O–H groups in total. The van der Waals surface area contributed by atoms with Crippen molar-refractivity contribution in [2.45, 2.75) is 44.9 Å². The highest BCUT2D eigenvalue weighted by molar-refractivity contribution is 5.86. The standard InChI is InChI=1S/C55H49N/c1-55(2,3)49-35-29-44(30-36-49)40-48(54-20-12-14-47-13-10-11-19-53(47)54)39-43-25-23-41(24-26-43)21-22-42-27-31-45(32-28-42)46-33-37-52(38-34-46)56(50-15-6-4-7-16-50)51-17-8-5-9-18-51/h4-38,48H,39-40H2,1-3H3. The molecule has 0 aliphatic rings.